The van der Waals surface area contributed by atoms with Crippen molar-refractivity contribution in [2.45, 2.75) is 58.8 Å². The molecular weight excluding hydrogens is 218 g/mol. The lowest BCUT2D eigenvalue weighted by molar-refractivity contribution is 0.443. The minimum absolute atomic E-state index is 0.613. The highest BCUT2D eigenvalue weighted by Gasteiger charge is 2.24. The maximum Gasteiger partial charge on any atom is 0.0378 e. The maximum atomic E-state index is 3.65. The summed E-state index contributed by atoms with van der Waals surface area (Å²) in [6, 6.07) is 6.80. The molecule has 0 bridgehead atoms. The fourth-order valence-corrected chi connectivity index (χ4v) is 3.18. The van der Waals surface area contributed by atoms with Gasteiger partial charge in [0, 0.05) is 12.2 Å². The first kappa shape index (κ1) is 13.5. The molecule has 18 heavy (non-hydrogen) atoms. The van der Waals surface area contributed by atoms with E-state index in [4.69, 9.17) is 0 Å². The molecule has 1 nitrogen and oxygen atoms in total. The van der Waals surface area contributed by atoms with Gasteiger partial charge in [-0.1, -0.05) is 46.2 Å². The van der Waals surface area contributed by atoms with Crippen LogP contribution in [-0.4, -0.2) is 6.54 Å². The molecule has 0 saturated heterocycles. The van der Waals surface area contributed by atoms with Gasteiger partial charge in [-0.3, -0.25) is 0 Å². The molecule has 1 N–H and O–H groups in total. The SMILES string of the molecule is CC(C)c1cccc2c1C(C(C)C)CCCCN2. The van der Waals surface area contributed by atoms with Gasteiger partial charge < -0.3 is 5.32 Å². The predicted molar refractivity (Wildman–Crippen MR) is 80.5 cm³/mol. The Morgan fingerprint density at radius 1 is 1.11 bits per heavy atom. The van der Waals surface area contributed by atoms with Crippen molar-refractivity contribution < 1.29 is 0 Å². The first-order chi connectivity index (χ1) is 8.61. The lowest BCUT2D eigenvalue weighted by atomic mass is 9.78. The number of rotatable bonds is 2. The van der Waals surface area contributed by atoms with Gasteiger partial charge in [-0.15, -0.1) is 0 Å². The van der Waals surface area contributed by atoms with Gasteiger partial charge in [0.05, 0.1) is 0 Å². The highest BCUT2D eigenvalue weighted by atomic mass is 14.9. The van der Waals surface area contributed by atoms with Gasteiger partial charge in [0.2, 0.25) is 0 Å². The van der Waals surface area contributed by atoms with Crippen LogP contribution in [0.2, 0.25) is 0 Å². The van der Waals surface area contributed by atoms with Gasteiger partial charge in [-0.25, -0.2) is 0 Å². The monoisotopic (exact) mass is 245 g/mol. The lowest BCUT2D eigenvalue weighted by Crippen LogP contribution is -2.17. The largest absolute Gasteiger partial charge is 0.385 e. The van der Waals surface area contributed by atoms with Crippen molar-refractivity contribution >= 4 is 5.69 Å². The van der Waals surface area contributed by atoms with Crippen LogP contribution in [0.25, 0.3) is 0 Å². The van der Waals surface area contributed by atoms with Crippen molar-refractivity contribution in [2.75, 3.05) is 11.9 Å². The predicted octanol–water partition coefficient (Wildman–Crippen LogP) is 5.15. The molecule has 0 aliphatic carbocycles. The van der Waals surface area contributed by atoms with E-state index >= 15 is 0 Å². The van der Waals surface area contributed by atoms with Crippen molar-refractivity contribution in [2.24, 2.45) is 5.92 Å². The fraction of sp³-hybridized carbons (Fsp3) is 0.647. The van der Waals surface area contributed by atoms with Crippen molar-refractivity contribution in [1.29, 1.82) is 0 Å². The molecule has 1 aliphatic heterocycles. The number of anilines is 1. The van der Waals surface area contributed by atoms with Crippen LogP contribution in [0.5, 0.6) is 0 Å². The van der Waals surface area contributed by atoms with E-state index in [-0.39, 0.29) is 0 Å². The van der Waals surface area contributed by atoms with Gasteiger partial charge >= 0.3 is 0 Å². The van der Waals surface area contributed by atoms with Gasteiger partial charge in [-0.05, 0) is 47.8 Å². The van der Waals surface area contributed by atoms with Gasteiger partial charge in [-0.2, -0.15) is 0 Å². The standard InChI is InChI=1S/C17H27N/c1-12(2)14-8-5-6-11-18-16-10-7-9-15(13(3)4)17(14)16/h7,9-10,12-14,18H,5-6,8,11H2,1-4H3. The summed E-state index contributed by atoms with van der Waals surface area (Å²) in [4.78, 5) is 0. The van der Waals surface area contributed by atoms with E-state index < -0.39 is 0 Å². The van der Waals surface area contributed by atoms with Crippen molar-refractivity contribution in [3.8, 4) is 0 Å². The van der Waals surface area contributed by atoms with E-state index in [1.807, 2.05) is 0 Å². The summed E-state index contributed by atoms with van der Waals surface area (Å²) in [7, 11) is 0. The summed E-state index contributed by atoms with van der Waals surface area (Å²) < 4.78 is 0. The van der Waals surface area contributed by atoms with Crippen LogP contribution in [0, 0.1) is 5.92 Å². The molecule has 0 fully saturated rings. The molecule has 1 unspecified atom stereocenters. The number of benzene rings is 1. The van der Waals surface area contributed by atoms with E-state index in [1.54, 1.807) is 11.1 Å². The summed E-state index contributed by atoms with van der Waals surface area (Å²) in [6.45, 7) is 10.5. The van der Waals surface area contributed by atoms with E-state index in [0.717, 1.165) is 12.5 Å². The summed E-state index contributed by atoms with van der Waals surface area (Å²) >= 11 is 0. The molecule has 1 heterocycles. The topological polar surface area (TPSA) is 12.0 Å². The van der Waals surface area contributed by atoms with E-state index in [1.165, 1.54) is 24.9 Å². The molecule has 0 radical (unpaired) electrons. The zero-order valence-corrected chi connectivity index (χ0v) is 12.3. The van der Waals surface area contributed by atoms with Gasteiger partial charge in [0.25, 0.3) is 0 Å². The van der Waals surface area contributed by atoms with Gasteiger partial charge in [0.15, 0.2) is 0 Å². The third-order valence-electron chi connectivity index (χ3n) is 4.19. The Balaban J connectivity index is 2.51. The smallest absolute Gasteiger partial charge is 0.0378 e. The first-order valence-corrected chi connectivity index (χ1v) is 7.48. The normalized spacial score (nSPS) is 20.2. The molecule has 100 valence electrons. The Morgan fingerprint density at radius 2 is 1.89 bits per heavy atom. The van der Waals surface area contributed by atoms with Crippen LogP contribution in [0.3, 0.4) is 0 Å². The van der Waals surface area contributed by atoms with Crippen LogP contribution in [0.1, 0.15) is 69.9 Å². The van der Waals surface area contributed by atoms with E-state index in [9.17, 15) is 0 Å². The molecular formula is C17H27N. The van der Waals surface area contributed by atoms with Crippen LogP contribution >= 0.6 is 0 Å². The Labute approximate surface area is 112 Å². The molecule has 1 aromatic carbocycles. The van der Waals surface area contributed by atoms with Crippen molar-refractivity contribution in [3.63, 3.8) is 0 Å². The molecule has 2 rings (SSSR count). The van der Waals surface area contributed by atoms with Gasteiger partial charge in [0.1, 0.15) is 0 Å². The van der Waals surface area contributed by atoms with E-state index in [0.29, 0.717) is 11.8 Å². The molecule has 0 amide bonds. The number of hydrogen-bond acceptors (Lipinski definition) is 1. The van der Waals surface area contributed by atoms with Crippen LogP contribution in [-0.2, 0) is 0 Å². The quantitative estimate of drug-likeness (QED) is 0.760. The Morgan fingerprint density at radius 3 is 2.56 bits per heavy atom. The second kappa shape index (κ2) is 5.77. The lowest BCUT2D eigenvalue weighted by Gasteiger charge is -2.30. The van der Waals surface area contributed by atoms with Crippen LogP contribution in [0.4, 0.5) is 5.69 Å². The number of nitrogens with one attached hydrogen (secondary N) is 1. The minimum Gasteiger partial charge on any atom is -0.385 e. The minimum atomic E-state index is 0.613. The second-order valence-corrected chi connectivity index (χ2v) is 6.24. The zero-order valence-electron chi connectivity index (χ0n) is 12.3. The Bertz CT molecular complexity index is 393. The zero-order chi connectivity index (χ0) is 13.1. The highest BCUT2D eigenvalue weighted by molar-refractivity contribution is 5.57. The molecule has 0 saturated carbocycles. The highest BCUT2D eigenvalue weighted by Crippen LogP contribution is 2.40. The summed E-state index contributed by atoms with van der Waals surface area (Å²) in [5, 5.41) is 3.65. The van der Waals surface area contributed by atoms with Crippen LogP contribution < -0.4 is 5.32 Å². The van der Waals surface area contributed by atoms with Crippen molar-refractivity contribution in [1.82, 2.24) is 0 Å². The molecule has 0 aromatic heterocycles. The summed E-state index contributed by atoms with van der Waals surface area (Å²) in [5.41, 5.74) is 4.53. The number of hydrogen-bond donors (Lipinski definition) is 1. The summed E-state index contributed by atoms with van der Waals surface area (Å²) in [6.07, 6.45) is 3.99. The average Bonchev–Trinajstić information content (AvgIpc) is 2.28. The fourth-order valence-electron chi connectivity index (χ4n) is 3.18. The van der Waals surface area contributed by atoms with E-state index in [2.05, 4.69) is 51.2 Å². The molecule has 0 spiro atoms. The maximum absolute atomic E-state index is 3.65. The molecule has 1 atom stereocenters. The Kier molecular flexibility index (Phi) is 4.31. The third kappa shape index (κ3) is 2.71. The average molecular weight is 245 g/mol. The van der Waals surface area contributed by atoms with Crippen molar-refractivity contribution in [3.05, 3.63) is 29.3 Å². The Hall–Kier alpha value is -0.980. The molecule has 1 aliphatic rings. The number of fused-ring (bicyclic) bond motifs is 1. The second-order valence-electron chi connectivity index (χ2n) is 6.24. The molecule has 1 aromatic rings. The van der Waals surface area contributed by atoms with Crippen LogP contribution in [0.15, 0.2) is 18.2 Å². The first-order valence-electron chi connectivity index (χ1n) is 7.48. The third-order valence-corrected chi connectivity index (χ3v) is 4.19. The summed E-state index contributed by atoms with van der Waals surface area (Å²) in [5.74, 6) is 2.05. The molecule has 1 heteroatoms.